The van der Waals surface area contributed by atoms with Crippen LogP contribution in [0.3, 0.4) is 0 Å². The second-order valence-electron chi connectivity index (χ2n) is 5.48. The van der Waals surface area contributed by atoms with Crippen LogP contribution in [-0.2, 0) is 0 Å². The van der Waals surface area contributed by atoms with Crippen molar-refractivity contribution in [3.8, 4) is 17.1 Å². The average molecular weight is 400 g/mol. The van der Waals surface area contributed by atoms with Gasteiger partial charge >= 0.3 is 0 Å². The number of hydrogen-bond donors (Lipinski definition) is 0. The Hall–Kier alpha value is -2.25. The first-order chi connectivity index (χ1) is 11.7. The molecule has 7 heteroatoms. The Balaban J connectivity index is 1.78. The zero-order chi connectivity index (χ0) is 16.6. The van der Waals surface area contributed by atoms with Gasteiger partial charge in [0.05, 0.1) is 11.2 Å². The maximum absolute atomic E-state index is 4.25. The van der Waals surface area contributed by atoms with Gasteiger partial charge in [0.2, 0.25) is 0 Å². The van der Waals surface area contributed by atoms with Gasteiger partial charge in [-0.05, 0) is 61.1 Å². The van der Waals surface area contributed by atoms with Crippen molar-refractivity contribution in [2.45, 2.75) is 4.90 Å². The second-order valence-corrected chi connectivity index (χ2v) is 9.38. The van der Waals surface area contributed by atoms with Crippen LogP contribution in [-0.4, -0.2) is 32.0 Å². The van der Waals surface area contributed by atoms with Crippen LogP contribution in [0, 0.1) is 0 Å². The van der Waals surface area contributed by atoms with Gasteiger partial charge in [-0.1, -0.05) is 30.3 Å². The summed E-state index contributed by atoms with van der Waals surface area (Å²) in [7, 11) is -1.12. The van der Waals surface area contributed by atoms with Crippen molar-refractivity contribution < 1.29 is 0 Å². The van der Waals surface area contributed by atoms with Gasteiger partial charge in [0.25, 0.3) is 0 Å². The Bertz CT molecular complexity index is 937. The SMILES string of the molecule is CS1(c2ccc(-n3nnnc3-c3ccccc3)c(Br)c2)C=CN=C1. The van der Waals surface area contributed by atoms with Crippen LogP contribution >= 0.6 is 26.0 Å². The lowest BCUT2D eigenvalue weighted by molar-refractivity contribution is 0.788. The van der Waals surface area contributed by atoms with E-state index < -0.39 is 10.0 Å². The van der Waals surface area contributed by atoms with E-state index in [1.54, 1.807) is 4.68 Å². The van der Waals surface area contributed by atoms with E-state index >= 15 is 0 Å². The molecule has 4 rings (SSSR count). The minimum atomic E-state index is -1.12. The molecule has 0 spiro atoms. The monoisotopic (exact) mass is 399 g/mol. The molecule has 2 heterocycles. The smallest absolute Gasteiger partial charge is 0.187 e. The normalized spacial score (nSPS) is 21.8. The fraction of sp³-hybridized carbons (Fsp3) is 0.0588. The standard InChI is InChI=1S/C17H14BrN5S/c1-24(10-9-19-12-24)14-7-8-16(15(18)11-14)23-17(20-21-22-23)13-5-3-2-4-6-13/h2-12H,1H3. The fourth-order valence-corrected chi connectivity index (χ4v) is 4.97. The topological polar surface area (TPSA) is 56.0 Å². The first-order valence-electron chi connectivity index (χ1n) is 7.29. The van der Waals surface area contributed by atoms with E-state index in [4.69, 9.17) is 0 Å². The number of nitrogens with zero attached hydrogens (tertiary/aromatic N) is 5. The lowest BCUT2D eigenvalue weighted by Gasteiger charge is -2.25. The van der Waals surface area contributed by atoms with E-state index in [9.17, 15) is 0 Å². The van der Waals surface area contributed by atoms with E-state index in [1.807, 2.05) is 48.1 Å². The molecule has 0 saturated heterocycles. The van der Waals surface area contributed by atoms with Crippen LogP contribution in [0.2, 0.25) is 0 Å². The fourth-order valence-electron chi connectivity index (χ4n) is 2.55. The predicted molar refractivity (Wildman–Crippen MR) is 102 cm³/mol. The van der Waals surface area contributed by atoms with Crippen LogP contribution in [0.5, 0.6) is 0 Å². The Morgan fingerprint density at radius 1 is 1.08 bits per heavy atom. The minimum absolute atomic E-state index is 0.713. The summed E-state index contributed by atoms with van der Waals surface area (Å²) in [4.78, 5) is 5.49. The van der Waals surface area contributed by atoms with Gasteiger partial charge in [0, 0.05) is 16.2 Å². The van der Waals surface area contributed by atoms with Crippen molar-refractivity contribution >= 4 is 31.5 Å². The van der Waals surface area contributed by atoms with Gasteiger partial charge in [-0.15, -0.1) is 5.10 Å². The molecule has 1 atom stereocenters. The van der Waals surface area contributed by atoms with Gasteiger partial charge in [0.15, 0.2) is 5.82 Å². The molecule has 1 unspecified atom stereocenters. The van der Waals surface area contributed by atoms with Gasteiger partial charge in [-0.3, -0.25) is 4.99 Å². The maximum atomic E-state index is 4.25. The number of aliphatic imine (C=N–C) groups is 1. The summed E-state index contributed by atoms with van der Waals surface area (Å²) in [6.45, 7) is 0. The number of benzene rings is 2. The number of halogens is 1. The molecular weight excluding hydrogens is 386 g/mol. The molecule has 5 nitrogen and oxygen atoms in total. The number of rotatable bonds is 3. The van der Waals surface area contributed by atoms with Gasteiger partial charge in [-0.25, -0.2) is 0 Å². The average Bonchev–Trinajstić information content (AvgIpc) is 3.25. The van der Waals surface area contributed by atoms with Crippen molar-refractivity contribution in [1.82, 2.24) is 20.2 Å². The van der Waals surface area contributed by atoms with Gasteiger partial charge in [-0.2, -0.15) is 14.7 Å². The molecule has 0 amide bonds. The van der Waals surface area contributed by atoms with Crippen LogP contribution in [0.4, 0.5) is 0 Å². The van der Waals surface area contributed by atoms with Crippen LogP contribution < -0.4 is 0 Å². The largest absolute Gasteiger partial charge is 0.258 e. The van der Waals surface area contributed by atoms with E-state index in [0.29, 0.717) is 5.82 Å². The van der Waals surface area contributed by atoms with Crippen molar-refractivity contribution in [3.63, 3.8) is 0 Å². The molecule has 1 aromatic heterocycles. The molecule has 0 bridgehead atoms. The Morgan fingerprint density at radius 2 is 1.92 bits per heavy atom. The van der Waals surface area contributed by atoms with E-state index in [1.165, 1.54) is 4.90 Å². The molecule has 1 aliphatic rings. The van der Waals surface area contributed by atoms with Crippen molar-refractivity contribution in [1.29, 1.82) is 0 Å². The highest BCUT2D eigenvalue weighted by Gasteiger charge is 2.20. The minimum Gasteiger partial charge on any atom is -0.258 e. The third kappa shape index (κ3) is 2.59. The van der Waals surface area contributed by atoms with E-state index in [-0.39, 0.29) is 0 Å². The molecule has 0 radical (unpaired) electrons. The number of aromatic nitrogens is 4. The zero-order valence-corrected chi connectivity index (χ0v) is 15.3. The molecule has 3 aromatic rings. The highest BCUT2D eigenvalue weighted by molar-refractivity contribution is 9.10. The Kier molecular flexibility index (Phi) is 3.82. The number of tetrazole rings is 1. The van der Waals surface area contributed by atoms with Crippen molar-refractivity contribution in [3.05, 3.63) is 64.6 Å². The first-order valence-corrected chi connectivity index (χ1v) is 10.3. The molecule has 0 fully saturated rings. The summed E-state index contributed by atoms with van der Waals surface area (Å²) in [5, 5.41) is 14.3. The summed E-state index contributed by atoms with van der Waals surface area (Å²) in [6, 6.07) is 16.2. The highest BCUT2D eigenvalue weighted by Crippen LogP contribution is 2.54. The molecule has 24 heavy (non-hydrogen) atoms. The predicted octanol–water partition coefficient (Wildman–Crippen LogP) is 4.40. The molecule has 1 aliphatic heterocycles. The Morgan fingerprint density at radius 3 is 2.62 bits per heavy atom. The second kappa shape index (κ2) is 5.99. The zero-order valence-electron chi connectivity index (χ0n) is 12.9. The molecule has 2 aromatic carbocycles. The van der Waals surface area contributed by atoms with Crippen LogP contribution in [0.25, 0.3) is 17.1 Å². The van der Waals surface area contributed by atoms with Crippen molar-refractivity contribution in [2.75, 3.05) is 6.26 Å². The lowest BCUT2D eigenvalue weighted by Crippen LogP contribution is -2.02. The van der Waals surface area contributed by atoms with Gasteiger partial charge < -0.3 is 0 Å². The summed E-state index contributed by atoms with van der Waals surface area (Å²) >= 11 is 3.67. The summed E-state index contributed by atoms with van der Waals surface area (Å²) in [5.74, 6) is 0.713. The van der Waals surface area contributed by atoms with E-state index in [2.05, 4.69) is 60.2 Å². The maximum Gasteiger partial charge on any atom is 0.187 e. The quantitative estimate of drug-likeness (QED) is 0.655. The van der Waals surface area contributed by atoms with Crippen molar-refractivity contribution in [2.24, 2.45) is 4.99 Å². The van der Waals surface area contributed by atoms with E-state index in [0.717, 1.165) is 15.7 Å². The molecule has 120 valence electrons. The molecule has 0 aliphatic carbocycles. The van der Waals surface area contributed by atoms with Gasteiger partial charge in [0.1, 0.15) is 0 Å². The molecule has 0 saturated carbocycles. The summed E-state index contributed by atoms with van der Waals surface area (Å²) < 4.78 is 2.70. The molecular formula is C17H14BrN5S. The third-order valence-electron chi connectivity index (χ3n) is 3.87. The first kappa shape index (κ1) is 15.3. The summed E-state index contributed by atoms with van der Waals surface area (Å²) in [5.41, 5.74) is 3.91. The Labute approximate surface area is 149 Å². The lowest BCUT2D eigenvalue weighted by atomic mass is 10.2. The molecule has 0 N–H and O–H groups in total. The summed E-state index contributed by atoms with van der Waals surface area (Å²) in [6.07, 6.45) is 4.08. The third-order valence-corrected chi connectivity index (χ3v) is 7.02. The van der Waals surface area contributed by atoms with Crippen LogP contribution in [0.15, 0.2) is 74.5 Å². The number of hydrogen-bond acceptors (Lipinski definition) is 4. The highest BCUT2D eigenvalue weighted by atomic mass is 79.9. The van der Waals surface area contributed by atoms with Crippen LogP contribution in [0.1, 0.15) is 0 Å².